The number of H-pyrrole nitrogens is 1. The summed E-state index contributed by atoms with van der Waals surface area (Å²) >= 11 is 0.972. The van der Waals surface area contributed by atoms with Gasteiger partial charge in [-0.25, -0.2) is 4.79 Å². The summed E-state index contributed by atoms with van der Waals surface area (Å²) in [4.78, 5) is 42.8. The number of hydrogen-bond donors (Lipinski definition) is 1. The zero-order valence-electron chi connectivity index (χ0n) is 16.2. The van der Waals surface area contributed by atoms with Gasteiger partial charge in [0, 0.05) is 19.6 Å². The number of fused-ring (bicyclic) bond motifs is 1. The van der Waals surface area contributed by atoms with E-state index in [1.165, 1.54) is 11.1 Å². The van der Waals surface area contributed by atoms with Gasteiger partial charge in [-0.15, -0.1) is 0 Å². The molecule has 4 rings (SSSR count). The number of aromatic amines is 1. The zero-order valence-corrected chi connectivity index (χ0v) is 17.0. The third-order valence-electron chi connectivity index (χ3n) is 5.19. The Labute approximate surface area is 171 Å². The van der Waals surface area contributed by atoms with Gasteiger partial charge in [-0.3, -0.25) is 14.2 Å². The molecule has 0 radical (unpaired) electrons. The highest BCUT2D eigenvalue weighted by molar-refractivity contribution is 7.09. The molecule has 0 spiro atoms. The molecule has 7 nitrogen and oxygen atoms in total. The number of carbonyl (C=O) groups excluding carboxylic acids is 1. The molecule has 0 aliphatic carbocycles. The van der Waals surface area contributed by atoms with Gasteiger partial charge in [0.2, 0.25) is 0 Å². The summed E-state index contributed by atoms with van der Waals surface area (Å²) in [5.41, 5.74) is 1.87. The van der Waals surface area contributed by atoms with Gasteiger partial charge in [-0.2, -0.15) is 4.37 Å². The van der Waals surface area contributed by atoms with E-state index in [2.05, 4.69) is 27.6 Å². The minimum absolute atomic E-state index is 0.159. The Morgan fingerprint density at radius 3 is 2.72 bits per heavy atom. The van der Waals surface area contributed by atoms with Crippen LogP contribution in [0.3, 0.4) is 0 Å². The second kappa shape index (κ2) is 8.16. The minimum atomic E-state index is -0.491. The van der Waals surface area contributed by atoms with E-state index in [1.807, 2.05) is 25.1 Å². The third-order valence-corrected chi connectivity index (χ3v) is 6.02. The minimum Gasteiger partial charge on any atom is -0.334 e. The summed E-state index contributed by atoms with van der Waals surface area (Å²) in [7, 11) is 0. The Hall–Kier alpha value is -3.00. The van der Waals surface area contributed by atoms with Crippen molar-refractivity contribution >= 4 is 34.0 Å². The highest BCUT2D eigenvalue weighted by atomic mass is 32.1. The molecule has 1 amide bonds. The number of hydrogen-bond acceptors (Lipinski definition) is 5. The predicted octanol–water partition coefficient (Wildman–Crippen LogP) is 2.88. The smallest absolute Gasteiger partial charge is 0.328 e. The van der Waals surface area contributed by atoms with Crippen molar-refractivity contribution in [3.8, 4) is 0 Å². The molecular weight excluding hydrogens is 388 g/mol. The molecule has 3 aromatic rings. The standard InChI is InChI=1S/C21H22N4O3S/c1-2-3-11-25-19(26)17-16(22-21(25)28)18(29-23-17)20(27)24-12-9-15(10-13-24)14-7-5-4-6-8-14/h4-9H,2-3,10-13H2,1H3,(H,22,28). The van der Waals surface area contributed by atoms with E-state index < -0.39 is 11.2 Å². The van der Waals surface area contributed by atoms with Gasteiger partial charge in [0.1, 0.15) is 4.88 Å². The maximum atomic E-state index is 13.0. The third kappa shape index (κ3) is 3.67. The summed E-state index contributed by atoms with van der Waals surface area (Å²) in [6, 6.07) is 10.1. The number of carbonyl (C=O) groups is 1. The Kier molecular flexibility index (Phi) is 5.44. The van der Waals surface area contributed by atoms with Gasteiger partial charge in [0.15, 0.2) is 5.52 Å². The van der Waals surface area contributed by atoms with Crippen LogP contribution in [0.5, 0.6) is 0 Å². The van der Waals surface area contributed by atoms with Crippen molar-refractivity contribution in [3.05, 3.63) is 67.7 Å². The van der Waals surface area contributed by atoms with Crippen molar-refractivity contribution in [1.29, 1.82) is 0 Å². The molecule has 1 aromatic carbocycles. The van der Waals surface area contributed by atoms with E-state index >= 15 is 0 Å². The first-order chi connectivity index (χ1) is 14.1. The van der Waals surface area contributed by atoms with Crippen molar-refractivity contribution in [1.82, 2.24) is 18.8 Å². The van der Waals surface area contributed by atoms with Crippen LogP contribution in [0.2, 0.25) is 0 Å². The molecule has 1 aliphatic heterocycles. The molecule has 0 fully saturated rings. The molecule has 0 saturated carbocycles. The monoisotopic (exact) mass is 410 g/mol. The number of nitrogens with zero attached hydrogens (tertiary/aromatic N) is 3. The Morgan fingerprint density at radius 2 is 2.03 bits per heavy atom. The van der Waals surface area contributed by atoms with Crippen molar-refractivity contribution in [2.24, 2.45) is 0 Å². The van der Waals surface area contributed by atoms with Gasteiger partial charge in [0.25, 0.3) is 11.5 Å². The highest BCUT2D eigenvalue weighted by Crippen LogP contribution is 2.25. The first kappa shape index (κ1) is 19.3. The van der Waals surface area contributed by atoms with Gasteiger partial charge >= 0.3 is 5.69 Å². The van der Waals surface area contributed by atoms with E-state index in [4.69, 9.17) is 0 Å². The quantitative estimate of drug-likeness (QED) is 0.701. The molecule has 2 aromatic heterocycles. The molecule has 29 heavy (non-hydrogen) atoms. The Morgan fingerprint density at radius 1 is 1.24 bits per heavy atom. The normalized spacial score (nSPS) is 14.2. The van der Waals surface area contributed by atoms with Crippen molar-refractivity contribution in [3.63, 3.8) is 0 Å². The van der Waals surface area contributed by atoms with Crippen LogP contribution in [0.4, 0.5) is 0 Å². The molecule has 3 heterocycles. The lowest BCUT2D eigenvalue weighted by Crippen LogP contribution is -2.36. The summed E-state index contributed by atoms with van der Waals surface area (Å²) in [6.07, 6.45) is 4.42. The fourth-order valence-corrected chi connectivity index (χ4v) is 4.32. The predicted molar refractivity (Wildman–Crippen MR) is 114 cm³/mol. The van der Waals surface area contributed by atoms with Crippen LogP contribution in [-0.4, -0.2) is 37.8 Å². The summed E-state index contributed by atoms with van der Waals surface area (Å²) < 4.78 is 5.34. The Balaban J connectivity index is 1.61. The molecule has 0 bridgehead atoms. The molecular formula is C21H22N4O3S. The summed E-state index contributed by atoms with van der Waals surface area (Å²) in [5.74, 6) is -0.206. The van der Waals surface area contributed by atoms with Crippen molar-refractivity contribution < 1.29 is 4.79 Å². The topological polar surface area (TPSA) is 88.1 Å². The van der Waals surface area contributed by atoms with E-state index in [1.54, 1.807) is 4.90 Å². The van der Waals surface area contributed by atoms with Crippen LogP contribution in [0, 0.1) is 0 Å². The lowest BCUT2D eigenvalue weighted by atomic mass is 9.99. The molecule has 0 atom stereocenters. The Bertz CT molecular complexity index is 1190. The van der Waals surface area contributed by atoms with Gasteiger partial charge < -0.3 is 9.88 Å². The second-order valence-electron chi connectivity index (χ2n) is 7.07. The number of aromatic nitrogens is 3. The fourth-order valence-electron chi connectivity index (χ4n) is 3.52. The van der Waals surface area contributed by atoms with E-state index in [-0.39, 0.29) is 16.9 Å². The largest absolute Gasteiger partial charge is 0.334 e. The highest BCUT2D eigenvalue weighted by Gasteiger charge is 2.25. The summed E-state index contributed by atoms with van der Waals surface area (Å²) in [5, 5.41) is 0. The molecule has 1 N–H and O–H groups in total. The molecule has 1 aliphatic rings. The number of amides is 1. The maximum absolute atomic E-state index is 13.0. The van der Waals surface area contributed by atoms with E-state index in [0.29, 0.717) is 24.5 Å². The van der Waals surface area contributed by atoms with E-state index in [9.17, 15) is 14.4 Å². The number of rotatable bonds is 5. The summed E-state index contributed by atoms with van der Waals surface area (Å²) in [6.45, 7) is 3.41. The second-order valence-corrected chi connectivity index (χ2v) is 7.85. The van der Waals surface area contributed by atoms with Crippen LogP contribution < -0.4 is 11.2 Å². The van der Waals surface area contributed by atoms with Gasteiger partial charge in [-0.05, 0) is 35.5 Å². The molecule has 150 valence electrons. The molecule has 8 heteroatoms. The van der Waals surface area contributed by atoms with Crippen molar-refractivity contribution in [2.45, 2.75) is 32.7 Å². The average molecular weight is 410 g/mol. The lowest BCUT2D eigenvalue weighted by Gasteiger charge is -2.26. The SMILES string of the molecule is CCCCn1c(=O)[nH]c2c(C(=O)N3CC=C(c4ccccc4)CC3)snc2c1=O. The zero-order chi connectivity index (χ0) is 20.4. The number of nitrogens with one attached hydrogen (secondary N) is 1. The number of benzene rings is 1. The van der Waals surface area contributed by atoms with Crippen molar-refractivity contribution in [2.75, 3.05) is 13.1 Å². The molecule has 0 unspecified atom stereocenters. The van der Waals surface area contributed by atoms with Crippen LogP contribution in [0.15, 0.2) is 46.0 Å². The molecule has 0 saturated heterocycles. The van der Waals surface area contributed by atoms with Crippen LogP contribution in [0.25, 0.3) is 16.6 Å². The first-order valence-electron chi connectivity index (χ1n) is 9.76. The maximum Gasteiger partial charge on any atom is 0.328 e. The van der Waals surface area contributed by atoms with Crippen LogP contribution in [-0.2, 0) is 6.54 Å². The average Bonchev–Trinajstić information content (AvgIpc) is 3.18. The van der Waals surface area contributed by atoms with Gasteiger partial charge in [-0.1, -0.05) is 49.8 Å². The van der Waals surface area contributed by atoms with Crippen LogP contribution in [0.1, 0.15) is 41.4 Å². The fraction of sp³-hybridized carbons (Fsp3) is 0.333. The first-order valence-corrected chi connectivity index (χ1v) is 10.5. The lowest BCUT2D eigenvalue weighted by molar-refractivity contribution is 0.0779. The van der Waals surface area contributed by atoms with E-state index in [0.717, 1.165) is 35.4 Å². The van der Waals surface area contributed by atoms with Crippen LogP contribution >= 0.6 is 11.5 Å². The van der Waals surface area contributed by atoms with Gasteiger partial charge in [0.05, 0.1) is 5.52 Å². The number of unbranched alkanes of at least 4 members (excludes halogenated alkanes) is 1.